The summed E-state index contributed by atoms with van der Waals surface area (Å²) in [4.78, 5) is 7.17. The van der Waals surface area contributed by atoms with Crippen LogP contribution >= 0.6 is 24.0 Å². The SMILES string of the molecule is CCNC(=NCCCN1CCC(O)CC1)NC(C)c1cccc(-n2cccn2)c1.I. The summed E-state index contributed by atoms with van der Waals surface area (Å²) >= 11 is 0. The molecular formula is C22H35IN6O. The molecule has 1 aromatic heterocycles. The summed E-state index contributed by atoms with van der Waals surface area (Å²) in [6.45, 7) is 8.87. The van der Waals surface area contributed by atoms with Crippen molar-refractivity contribution < 1.29 is 5.11 Å². The molecule has 0 aliphatic carbocycles. The minimum Gasteiger partial charge on any atom is -0.393 e. The highest BCUT2D eigenvalue weighted by atomic mass is 127. The van der Waals surface area contributed by atoms with E-state index in [2.05, 4.69) is 58.7 Å². The largest absolute Gasteiger partial charge is 0.393 e. The smallest absolute Gasteiger partial charge is 0.191 e. The molecule has 0 bridgehead atoms. The Morgan fingerprint density at radius 3 is 2.80 bits per heavy atom. The fraction of sp³-hybridized carbons (Fsp3) is 0.545. The van der Waals surface area contributed by atoms with Gasteiger partial charge >= 0.3 is 0 Å². The van der Waals surface area contributed by atoms with E-state index in [0.717, 1.165) is 63.6 Å². The Hall–Kier alpha value is -1.65. The van der Waals surface area contributed by atoms with Crippen LogP contribution in [0.15, 0.2) is 47.7 Å². The summed E-state index contributed by atoms with van der Waals surface area (Å²) < 4.78 is 1.87. The van der Waals surface area contributed by atoms with Crippen LogP contribution < -0.4 is 10.6 Å². The van der Waals surface area contributed by atoms with Crippen LogP contribution in [0.3, 0.4) is 0 Å². The molecule has 1 fully saturated rings. The van der Waals surface area contributed by atoms with Crippen molar-refractivity contribution in [3.63, 3.8) is 0 Å². The Labute approximate surface area is 197 Å². The number of aromatic nitrogens is 2. The topological polar surface area (TPSA) is 77.7 Å². The fourth-order valence-corrected chi connectivity index (χ4v) is 3.59. The second-order valence-corrected chi connectivity index (χ2v) is 7.60. The monoisotopic (exact) mass is 526 g/mol. The zero-order chi connectivity index (χ0) is 20.5. The van der Waals surface area contributed by atoms with Gasteiger partial charge in [0, 0.05) is 38.6 Å². The van der Waals surface area contributed by atoms with Crippen LogP contribution in [0.2, 0.25) is 0 Å². The molecule has 1 unspecified atom stereocenters. The van der Waals surface area contributed by atoms with Crippen molar-refractivity contribution in [3.8, 4) is 5.69 Å². The standard InChI is InChI=1S/C22H34N6O.HI/c1-3-23-22(24-11-5-13-27-15-9-21(29)10-16-27)26-18(2)19-7-4-8-20(17-19)28-14-6-12-25-28;/h4,6-8,12,14,17-18,21,29H,3,5,9-11,13,15-16H2,1-2H3,(H2,23,24,26);1H. The third-order valence-electron chi connectivity index (χ3n) is 5.30. The molecule has 7 nitrogen and oxygen atoms in total. The number of piperidine rings is 1. The van der Waals surface area contributed by atoms with Gasteiger partial charge in [0.1, 0.15) is 0 Å². The van der Waals surface area contributed by atoms with E-state index in [1.54, 1.807) is 6.20 Å². The van der Waals surface area contributed by atoms with Crippen molar-refractivity contribution in [1.82, 2.24) is 25.3 Å². The number of aliphatic imine (C=N–C) groups is 1. The molecule has 166 valence electrons. The van der Waals surface area contributed by atoms with Crippen LogP contribution in [-0.2, 0) is 0 Å². The van der Waals surface area contributed by atoms with Gasteiger partial charge in [0.15, 0.2) is 5.96 Å². The zero-order valence-electron chi connectivity index (χ0n) is 18.0. The van der Waals surface area contributed by atoms with E-state index >= 15 is 0 Å². The molecule has 0 radical (unpaired) electrons. The molecule has 3 N–H and O–H groups in total. The first-order valence-electron chi connectivity index (χ1n) is 10.7. The van der Waals surface area contributed by atoms with Crippen LogP contribution in [0.4, 0.5) is 0 Å². The molecule has 30 heavy (non-hydrogen) atoms. The maximum atomic E-state index is 9.61. The predicted octanol–water partition coefficient (Wildman–Crippen LogP) is 2.95. The van der Waals surface area contributed by atoms with Gasteiger partial charge in [0.05, 0.1) is 17.8 Å². The van der Waals surface area contributed by atoms with Gasteiger partial charge < -0.3 is 20.6 Å². The predicted molar refractivity (Wildman–Crippen MR) is 133 cm³/mol. The van der Waals surface area contributed by atoms with Crippen molar-refractivity contribution in [2.75, 3.05) is 32.7 Å². The minimum atomic E-state index is -0.109. The maximum absolute atomic E-state index is 9.61. The molecule has 1 aliphatic rings. The summed E-state index contributed by atoms with van der Waals surface area (Å²) in [6, 6.07) is 10.5. The molecule has 0 saturated carbocycles. The van der Waals surface area contributed by atoms with Crippen molar-refractivity contribution in [2.24, 2.45) is 4.99 Å². The highest BCUT2D eigenvalue weighted by Gasteiger charge is 2.16. The van der Waals surface area contributed by atoms with Crippen molar-refractivity contribution >= 4 is 29.9 Å². The van der Waals surface area contributed by atoms with E-state index in [0.29, 0.717) is 0 Å². The van der Waals surface area contributed by atoms with Gasteiger partial charge in [-0.1, -0.05) is 12.1 Å². The minimum absolute atomic E-state index is 0. The van der Waals surface area contributed by atoms with Crippen LogP contribution in [-0.4, -0.2) is 64.6 Å². The van der Waals surface area contributed by atoms with Crippen LogP contribution in [0.5, 0.6) is 0 Å². The second-order valence-electron chi connectivity index (χ2n) is 7.60. The summed E-state index contributed by atoms with van der Waals surface area (Å²) in [5.74, 6) is 0.846. The third-order valence-corrected chi connectivity index (χ3v) is 5.30. The number of nitrogens with one attached hydrogen (secondary N) is 2. The molecule has 1 atom stereocenters. The van der Waals surface area contributed by atoms with Crippen molar-refractivity contribution in [2.45, 2.75) is 45.3 Å². The second kappa shape index (κ2) is 12.9. The molecule has 1 aliphatic heterocycles. The Bertz CT molecular complexity index is 759. The molecule has 2 aromatic rings. The number of hydrogen-bond donors (Lipinski definition) is 3. The molecule has 2 heterocycles. The lowest BCUT2D eigenvalue weighted by molar-refractivity contribution is 0.0824. The first kappa shape index (κ1) is 24.6. The van der Waals surface area contributed by atoms with Gasteiger partial charge in [-0.25, -0.2) is 4.68 Å². The molecule has 1 saturated heterocycles. The number of aliphatic hydroxyl groups excluding tert-OH is 1. The summed E-state index contributed by atoms with van der Waals surface area (Å²) in [5, 5.41) is 20.8. The lowest BCUT2D eigenvalue weighted by Crippen LogP contribution is -2.39. The van der Waals surface area contributed by atoms with Crippen molar-refractivity contribution in [3.05, 3.63) is 48.3 Å². The number of hydrogen-bond acceptors (Lipinski definition) is 4. The Morgan fingerprint density at radius 2 is 2.10 bits per heavy atom. The summed E-state index contributed by atoms with van der Waals surface area (Å²) in [6.07, 6.45) is 6.44. The zero-order valence-corrected chi connectivity index (χ0v) is 20.3. The first-order chi connectivity index (χ1) is 14.2. The number of likely N-dealkylation sites (tertiary alicyclic amines) is 1. The molecule has 8 heteroatoms. The highest BCUT2D eigenvalue weighted by Crippen LogP contribution is 2.16. The van der Waals surface area contributed by atoms with Gasteiger partial charge in [-0.3, -0.25) is 4.99 Å². The van der Waals surface area contributed by atoms with Gasteiger partial charge in [-0.15, -0.1) is 24.0 Å². The summed E-state index contributed by atoms with van der Waals surface area (Å²) in [7, 11) is 0. The number of nitrogens with zero attached hydrogens (tertiary/aromatic N) is 4. The Balaban J connectivity index is 0.00000320. The van der Waals surface area contributed by atoms with E-state index in [-0.39, 0.29) is 36.1 Å². The number of halogens is 1. The maximum Gasteiger partial charge on any atom is 0.191 e. The van der Waals surface area contributed by atoms with Gasteiger partial charge in [0.2, 0.25) is 0 Å². The third kappa shape index (κ3) is 7.55. The van der Waals surface area contributed by atoms with Crippen LogP contribution in [0.25, 0.3) is 5.69 Å². The normalized spacial score (nSPS) is 16.7. The van der Waals surface area contributed by atoms with E-state index in [9.17, 15) is 5.11 Å². The van der Waals surface area contributed by atoms with Gasteiger partial charge in [-0.05, 0) is 63.4 Å². The number of rotatable bonds is 8. The van der Waals surface area contributed by atoms with Crippen LogP contribution in [0, 0.1) is 0 Å². The Kier molecular flexibility index (Phi) is 10.6. The lowest BCUT2D eigenvalue weighted by Gasteiger charge is -2.29. The fourth-order valence-electron chi connectivity index (χ4n) is 3.59. The average molecular weight is 526 g/mol. The quantitative estimate of drug-likeness (QED) is 0.214. The van der Waals surface area contributed by atoms with E-state index < -0.39 is 0 Å². The number of aliphatic hydroxyl groups is 1. The van der Waals surface area contributed by atoms with E-state index in [1.165, 1.54) is 5.56 Å². The molecule has 0 spiro atoms. The van der Waals surface area contributed by atoms with Gasteiger partial charge in [0.25, 0.3) is 0 Å². The lowest BCUT2D eigenvalue weighted by atomic mass is 10.1. The molecular weight excluding hydrogens is 491 g/mol. The Morgan fingerprint density at radius 1 is 1.30 bits per heavy atom. The summed E-state index contributed by atoms with van der Waals surface area (Å²) in [5.41, 5.74) is 2.24. The average Bonchev–Trinajstić information content (AvgIpc) is 3.27. The van der Waals surface area contributed by atoms with Gasteiger partial charge in [-0.2, -0.15) is 5.10 Å². The van der Waals surface area contributed by atoms with E-state index in [4.69, 9.17) is 4.99 Å². The molecule has 0 amide bonds. The van der Waals surface area contributed by atoms with E-state index in [1.807, 2.05) is 16.9 Å². The number of guanidine groups is 1. The highest BCUT2D eigenvalue weighted by molar-refractivity contribution is 14.0. The van der Waals surface area contributed by atoms with Crippen LogP contribution in [0.1, 0.15) is 44.7 Å². The molecule has 3 rings (SSSR count). The van der Waals surface area contributed by atoms with Crippen molar-refractivity contribution in [1.29, 1.82) is 0 Å². The molecule has 1 aromatic carbocycles. The number of benzene rings is 1. The first-order valence-corrected chi connectivity index (χ1v) is 10.7.